The molecule has 0 bridgehead atoms. The molecule has 0 amide bonds. The predicted octanol–water partition coefficient (Wildman–Crippen LogP) is 1.58. The molecule has 118 valence electrons. The third-order valence-corrected chi connectivity index (χ3v) is 4.32. The van der Waals surface area contributed by atoms with E-state index in [1.54, 1.807) is 14.0 Å². The van der Waals surface area contributed by atoms with Gasteiger partial charge >= 0.3 is 5.97 Å². The highest BCUT2D eigenvalue weighted by Gasteiger charge is 2.36. The molecule has 1 fully saturated rings. The number of methoxy groups -OCH3 is 1. The van der Waals surface area contributed by atoms with E-state index in [-0.39, 0.29) is 6.04 Å². The van der Waals surface area contributed by atoms with Crippen molar-refractivity contribution in [1.82, 2.24) is 10.2 Å². The second-order valence-electron chi connectivity index (χ2n) is 6.18. The molecule has 0 aliphatic carbocycles. The zero-order valence-electron chi connectivity index (χ0n) is 13.3. The minimum Gasteiger partial charge on any atom is -0.480 e. The molecule has 3 atom stereocenters. The Morgan fingerprint density at radius 2 is 2.30 bits per heavy atom. The molecule has 1 rings (SSSR count). The third kappa shape index (κ3) is 4.72. The largest absolute Gasteiger partial charge is 0.480 e. The molecule has 1 saturated heterocycles. The van der Waals surface area contributed by atoms with E-state index < -0.39 is 11.5 Å². The molecule has 0 aromatic rings. The summed E-state index contributed by atoms with van der Waals surface area (Å²) in [6.45, 7) is 9.40. The highest BCUT2D eigenvalue weighted by molar-refractivity contribution is 5.78. The first-order valence-electron chi connectivity index (χ1n) is 7.64. The van der Waals surface area contributed by atoms with Crippen LogP contribution in [0.3, 0.4) is 0 Å². The quantitative estimate of drug-likeness (QED) is 0.709. The van der Waals surface area contributed by atoms with Crippen molar-refractivity contribution in [1.29, 1.82) is 0 Å². The van der Waals surface area contributed by atoms with E-state index in [4.69, 9.17) is 4.74 Å². The summed E-state index contributed by atoms with van der Waals surface area (Å²) in [6, 6.07) is 0.259. The number of hydrogen-bond acceptors (Lipinski definition) is 4. The molecule has 0 aromatic heterocycles. The molecular weight excluding hydrogens is 256 g/mol. The number of nitrogens with zero attached hydrogens (tertiary/aromatic N) is 1. The Bertz CT molecular complexity index is 309. The van der Waals surface area contributed by atoms with Crippen LogP contribution < -0.4 is 5.32 Å². The van der Waals surface area contributed by atoms with Crippen LogP contribution in [0.1, 0.15) is 40.0 Å². The maximum absolute atomic E-state index is 11.5. The molecule has 5 nitrogen and oxygen atoms in total. The van der Waals surface area contributed by atoms with E-state index in [0.717, 1.165) is 19.7 Å². The Balaban J connectivity index is 2.59. The molecule has 1 aliphatic heterocycles. The monoisotopic (exact) mass is 286 g/mol. The van der Waals surface area contributed by atoms with Gasteiger partial charge in [0, 0.05) is 19.7 Å². The van der Waals surface area contributed by atoms with Crippen LogP contribution in [0.2, 0.25) is 0 Å². The van der Waals surface area contributed by atoms with Gasteiger partial charge in [0.05, 0.1) is 6.61 Å². The molecule has 5 heteroatoms. The lowest BCUT2D eigenvalue weighted by Gasteiger charge is -2.39. The van der Waals surface area contributed by atoms with Crippen LogP contribution >= 0.6 is 0 Å². The number of aliphatic carboxylic acids is 1. The van der Waals surface area contributed by atoms with Gasteiger partial charge in [0.25, 0.3) is 0 Å². The topological polar surface area (TPSA) is 61.8 Å². The second-order valence-corrected chi connectivity index (χ2v) is 6.18. The minimum atomic E-state index is -0.845. The normalized spacial score (nSPS) is 25.1. The van der Waals surface area contributed by atoms with Crippen molar-refractivity contribution >= 4 is 5.97 Å². The molecule has 1 heterocycles. The average Bonchev–Trinajstić information content (AvgIpc) is 2.39. The summed E-state index contributed by atoms with van der Waals surface area (Å²) in [4.78, 5) is 13.9. The fourth-order valence-electron chi connectivity index (χ4n) is 3.21. The fraction of sp³-hybridized carbons (Fsp3) is 0.933. The number of carboxylic acid groups (broad SMARTS) is 1. The third-order valence-electron chi connectivity index (χ3n) is 4.32. The zero-order valence-corrected chi connectivity index (χ0v) is 13.3. The van der Waals surface area contributed by atoms with Crippen LogP contribution in [0.4, 0.5) is 0 Å². The van der Waals surface area contributed by atoms with Gasteiger partial charge in [-0.3, -0.25) is 4.79 Å². The number of rotatable bonds is 8. The number of nitrogens with one attached hydrogen (secondary N) is 1. The molecule has 0 saturated carbocycles. The summed E-state index contributed by atoms with van der Waals surface area (Å²) in [5.74, 6) is -0.192. The van der Waals surface area contributed by atoms with E-state index in [1.807, 2.05) is 6.92 Å². The van der Waals surface area contributed by atoms with Crippen LogP contribution in [0.15, 0.2) is 0 Å². The number of carbonyl (C=O) groups is 1. The van der Waals surface area contributed by atoms with Crippen LogP contribution in [0.25, 0.3) is 0 Å². The molecule has 0 radical (unpaired) electrons. The highest BCUT2D eigenvalue weighted by Crippen LogP contribution is 2.23. The van der Waals surface area contributed by atoms with Crippen LogP contribution in [0.5, 0.6) is 0 Å². The first-order valence-corrected chi connectivity index (χ1v) is 7.64. The standard InChI is InChI=1S/C15H30N2O3/c1-5-16-15(3,14(18)19)9-12(2)17-8-6-7-13(10-17)11-20-4/h12-13,16H,5-11H2,1-4H3,(H,18,19). The summed E-state index contributed by atoms with van der Waals surface area (Å²) in [5.41, 5.74) is -0.845. The zero-order chi connectivity index (χ0) is 15.2. The van der Waals surface area contributed by atoms with Crippen molar-refractivity contribution in [2.45, 2.75) is 51.6 Å². The molecule has 0 spiro atoms. The van der Waals surface area contributed by atoms with Gasteiger partial charge in [0.1, 0.15) is 5.54 Å². The minimum absolute atomic E-state index is 0.259. The number of ether oxygens (including phenoxy) is 1. The van der Waals surface area contributed by atoms with E-state index in [0.29, 0.717) is 18.9 Å². The van der Waals surface area contributed by atoms with Gasteiger partial charge in [-0.05, 0) is 52.1 Å². The van der Waals surface area contributed by atoms with E-state index in [9.17, 15) is 9.90 Å². The predicted molar refractivity (Wildman–Crippen MR) is 80.0 cm³/mol. The number of likely N-dealkylation sites (tertiary alicyclic amines) is 1. The van der Waals surface area contributed by atoms with Gasteiger partial charge in [-0.25, -0.2) is 0 Å². The lowest BCUT2D eigenvalue weighted by Crippen LogP contribution is -2.54. The van der Waals surface area contributed by atoms with Crippen LogP contribution in [-0.2, 0) is 9.53 Å². The van der Waals surface area contributed by atoms with E-state index >= 15 is 0 Å². The number of likely N-dealkylation sites (N-methyl/N-ethyl adjacent to an activating group) is 1. The van der Waals surface area contributed by atoms with Gasteiger partial charge in [-0.15, -0.1) is 0 Å². The molecule has 0 aromatic carbocycles. The van der Waals surface area contributed by atoms with Crippen LogP contribution in [-0.4, -0.2) is 60.9 Å². The summed E-state index contributed by atoms with van der Waals surface area (Å²) in [7, 11) is 1.75. The smallest absolute Gasteiger partial charge is 0.323 e. The summed E-state index contributed by atoms with van der Waals surface area (Å²) < 4.78 is 5.25. The van der Waals surface area contributed by atoms with Gasteiger partial charge < -0.3 is 20.1 Å². The Hall–Kier alpha value is -0.650. The maximum Gasteiger partial charge on any atom is 0.323 e. The number of carboxylic acids is 1. The Kier molecular flexibility index (Phi) is 6.92. The van der Waals surface area contributed by atoms with E-state index in [1.165, 1.54) is 12.8 Å². The van der Waals surface area contributed by atoms with Crippen molar-refractivity contribution in [2.24, 2.45) is 5.92 Å². The molecule has 3 unspecified atom stereocenters. The highest BCUT2D eigenvalue weighted by atomic mass is 16.5. The summed E-state index contributed by atoms with van der Waals surface area (Å²) >= 11 is 0. The molecule has 1 aliphatic rings. The summed E-state index contributed by atoms with van der Waals surface area (Å²) in [5, 5.41) is 12.6. The second kappa shape index (κ2) is 7.96. The van der Waals surface area contributed by atoms with Crippen molar-refractivity contribution < 1.29 is 14.6 Å². The lowest BCUT2D eigenvalue weighted by molar-refractivity contribution is -0.145. The lowest BCUT2D eigenvalue weighted by atomic mass is 9.90. The Labute approximate surface area is 122 Å². The average molecular weight is 286 g/mol. The van der Waals surface area contributed by atoms with Crippen molar-refractivity contribution in [3.05, 3.63) is 0 Å². The fourth-order valence-corrected chi connectivity index (χ4v) is 3.21. The molecular formula is C15H30N2O3. The molecule has 20 heavy (non-hydrogen) atoms. The van der Waals surface area contributed by atoms with Gasteiger partial charge in [0.15, 0.2) is 0 Å². The van der Waals surface area contributed by atoms with Gasteiger partial charge in [-0.1, -0.05) is 6.92 Å². The maximum atomic E-state index is 11.5. The van der Waals surface area contributed by atoms with Crippen LogP contribution in [0, 0.1) is 5.92 Å². The Morgan fingerprint density at radius 1 is 1.60 bits per heavy atom. The summed E-state index contributed by atoms with van der Waals surface area (Å²) in [6.07, 6.45) is 3.00. The van der Waals surface area contributed by atoms with E-state index in [2.05, 4.69) is 17.1 Å². The first-order chi connectivity index (χ1) is 9.42. The van der Waals surface area contributed by atoms with Crippen molar-refractivity contribution in [2.75, 3.05) is 33.4 Å². The van der Waals surface area contributed by atoms with Gasteiger partial charge in [0.2, 0.25) is 0 Å². The first kappa shape index (κ1) is 17.4. The molecule has 2 N–H and O–H groups in total. The Morgan fingerprint density at radius 3 is 2.85 bits per heavy atom. The number of piperidine rings is 1. The van der Waals surface area contributed by atoms with Gasteiger partial charge in [-0.2, -0.15) is 0 Å². The van der Waals surface area contributed by atoms with Crippen molar-refractivity contribution in [3.63, 3.8) is 0 Å². The SMILES string of the molecule is CCNC(C)(CC(C)N1CCCC(COC)C1)C(=O)O. The number of hydrogen-bond donors (Lipinski definition) is 2. The van der Waals surface area contributed by atoms with Crippen molar-refractivity contribution in [3.8, 4) is 0 Å².